The standard InChI is InChI=1S/C32H37F4N3O2/c1-7-14-31(5,15-8-2)29(40)38-16-17-39(28(21-38)26-13-11-10-12-22(26)4)30(41)37(6)27(9-3)23-18-24(32(34,35)36)20-25(33)19-23/h7-13,18-20,27-28H,1-3,14-17,21H2,4-6H3/t27-,28-/m1/s1. The van der Waals surface area contributed by atoms with Gasteiger partial charge in [0.25, 0.3) is 0 Å². The van der Waals surface area contributed by atoms with E-state index < -0.39 is 41.1 Å². The van der Waals surface area contributed by atoms with E-state index in [1.54, 1.807) is 22.0 Å². The Balaban J connectivity index is 1.98. The van der Waals surface area contributed by atoms with E-state index in [0.717, 1.165) is 23.3 Å². The number of allylic oxidation sites excluding steroid dienone is 2. The molecule has 0 spiro atoms. The highest BCUT2D eigenvalue weighted by Crippen LogP contribution is 2.37. The van der Waals surface area contributed by atoms with Crippen molar-refractivity contribution in [2.24, 2.45) is 5.41 Å². The summed E-state index contributed by atoms with van der Waals surface area (Å²) < 4.78 is 54.4. The van der Waals surface area contributed by atoms with Gasteiger partial charge in [-0.25, -0.2) is 9.18 Å². The van der Waals surface area contributed by atoms with Crippen LogP contribution in [0.1, 0.15) is 54.1 Å². The van der Waals surface area contributed by atoms with Crippen LogP contribution in [0, 0.1) is 18.2 Å². The van der Waals surface area contributed by atoms with Gasteiger partial charge in [0, 0.05) is 26.7 Å². The fourth-order valence-electron chi connectivity index (χ4n) is 5.49. The SMILES string of the molecule is C=CCC(C)(CC=C)C(=O)N1CCN(C(=O)N(C)[C@H](C=C)c2cc(F)cc(C(F)(F)F)c2)[C@@H](c2ccccc2C)C1. The molecule has 1 aliphatic rings. The second-order valence-corrected chi connectivity index (χ2v) is 10.7. The van der Waals surface area contributed by atoms with E-state index in [1.165, 1.54) is 18.0 Å². The molecule has 1 aliphatic heterocycles. The van der Waals surface area contributed by atoms with Crippen molar-refractivity contribution in [1.29, 1.82) is 0 Å². The average Bonchev–Trinajstić information content (AvgIpc) is 2.92. The summed E-state index contributed by atoms with van der Waals surface area (Å²) in [5.41, 5.74) is -0.153. The van der Waals surface area contributed by atoms with Gasteiger partial charge in [-0.2, -0.15) is 13.2 Å². The van der Waals surface area contributed by atoms with Gasteiger partial charge in [0.05, 0.1) is 23.1 Å². The van der Waals surface area contributed by atoms with E-state index in [2.05, 4.69) is 19.7 Å². The Morgan fingerprint density at radius 2 is 1.71 bits per heavy atom. The number of aryl methyl sites for hydroxylation is 1. The number of carbonyl (C=O) groups excluding carboxylic acids is 2. The summed E-state index contributed by atoms with van der Waals surface area (Å²) in [5.74, 6) is -1.13. The predicted molar refractivity (Wildman–Crippen MR) is 152 cm³/mol. The molecule has 1 heterocycles. The first-order chi connectivity index (χ1) is 19.3. The normalized spacial score (nSPS) is 16.6. The van der Waals surface area contributed by atoms with Crippen LogP contribution >= 0.6 is 0 Å². The van der Waals surface area contributed by atoms with E-state index in [-0.39, 0.29) is 31.1 Å². The molecule has 41 heavy (non-hydrogen) atoms. The van der Waals surface area contributed by atoms with E-state index in [4.69, 9.17) is 0 Å². The number of amides is 3. The van der Waals surface area contributed by atoms with Gasteiger partial charge >= 0.3 is 12.2 Å². The number of urea groups is 1. The van der Waals surface area contributed by atoms with E-state index in [0.29, 0.717) is 18.9 Å². The van der Waals surface area contributed by atoms with Crippen molar-refractivity contribution in [2.75, 3.05) is 26.7 Å². The molecule has 1 saturated heterocycles. The molecule has 220 valence electrons. The molecule has 0 radical (unpaired) electrons. The van der Waals surface area contributed by atoms with Crippen LogP contribution in [0.25, 0.3) is 0 Å². The number of rotatable bonds is 9. The number of likely N-dealkylation sites (N-methyl/N-ethyl adjacent to an activating group) is 1. The van der Waals surface area contributed by atoms with Crippen molar-refractivity contribution in [3.63, 3.8) is 0 Å². The minimum atomic E-state index is -4.75. The van der Waals surface area contributed by atoms with Crippen LogP contribution < -0.4 is 0 Å². The second kappa shape index (κ2) is 12.7. The van der Waals surface area contributed by atoms with Gasteiger partial charge in [0.1, 0.15) is 5.82 Å². The molecule has 0 aliphatic carbocycles. The number of hydrogen-bond acceptors (Lipinski definition) is 2. The van der Waals surface area contributed by atoms with Crippen molar-refractivity contribution >= 4 is 11.9 Å². The lowest BCUT2D eigenvalue weighted by Gasteiger charge is -2.46. The monoisotopic (exact) mass is 571 g/mol. The number of halogens is 4. The zero-order valence-electron chi connectivity index (χ0n) is 23.8. The van der Waals surface area contributed by atoms with Crippen LogP contribution in [0.3, 0.4) is 0 Å². The van der Waals surface area contributed by atoms with Crippen LogP contribution in [-0.2, 0) is 11.0 Å². The Hall–Kier alpha value is -3.88. The maximum absolute atomic E-state index is 14.2. The third-order valence-electron chi connectivity index (χ3n) is 7.70. The van der Waals surface area contributed by atoms with Crippen molar-refractivity contribution in [2.45, 2.75) is 44.9 Å². The fraction of sp³-hybridized carbons (Fsp3) is 0.375. The summed E-state index contributed by atoms with van der Waals surface area (Å²) in [4.78, 5) is 32.3. The average molecular weight is 572 g/mol. The highest BCUT2D eigenvalue weighted by atomic mass is 19.4. The summed E-state index contributed by atoms with van der Waals surface area (Å²) in [5, 5.41) is 0. The Morgan fingerprint density at radius 1 is 1.07 bits per heavy atom. The lowest BCUT2D eigenvalue weighted by Crippen LogP contribution is -2.57. The third-order valence-corrected chi connectivity index (χ3v) is 7.70. The van der Waals surface area contributed by atoms with Gasteiger partial charge < -0.3 is 14.7 Å². The molecule has 1 fully saturated rings. The van der Waals surface area contributed by atoms with Gasteiger partial charge in [0.2, 0.25) is 5.91 Å². The molecule has 0 bridgehead atoms. The van der Waals surface area contributed by atoms with Gasteiger partial charge in [-0.05, 0) is 54.7 Å². The number of piperazine rings is 1. The summed E-state index contributed by atoms with van der Waals surface area (Å²) in [6, 6.07) is 7.74. The van der Waals surface area contributed by atoms with Gasteiger partial charge in [-0.1, -0.05) is 49.4 Å². The predicted octanol–water partition coefficient (Wildman–Crippen LogP) is 7.48. The first kappa shape index (κ1) is 31.6. The maximum Gasteiger partial charge on any atom is 0.416 e. The van der Waals surface area contributed by atoms with Crippen molar-refractivity contribution < 1.29 is 27.2 Å². The van der Waals surface area contributed by atoms with Crippen molar-refractivity contribution in [3.8, 4) is 0 Å². The Morgan fingerprint density at radius 3 is 2.27 bits per heavy atom. The highest BCUT2D eigenvalue weighted by molar-refractivity contribution is 5.83. The van der Waals surface area contributed by atoms with Gasteiger partial charge in [0.15, 0.2) is 0 Å². The van der Waals surface area contributed by atoms with Gasteiger partial charge in [-0.15, -0.1) is 19.7 Å². The highest BCUT2D eigenvalue weighted by Gasteiger charge is 2.41. The lowest BCUT2D eigenvalue weighted by atomic mass is 9.81. The van der Waals surface area contributed by atoms with Crippen molar-refractivity contribution in [3.05, 3.63) is 109 Å². The maximum atomic E-state index is 14.2. The molecule has 0 aromatic heterocycles. The number of carbonyl (C=O) groups is 2. The smallest absolute Gasteiger partial charge is 0.338 e. The molecular formula is C32H37F4N3O2. The number of benzene rings is 2. The van der Waals surface area contributed by atoms with E-state index in [9.17, 15) is 27.2 Å². The topological polar surface area (TPSA) is 43.9 Å². The summed E-state index contributed by atoms with van der Waals surface area (Å²) in [7, 11) is 1.45. The Kier molecular flexibility index (Phi) is 9.84. The first-order valence-corrected chi connectivity index (χ1v) is 13.4. The number of nitrogens with zero attached hydrogens (tertiary/aromatic N) is 3. The molecule has 2 atom stereocenters. The van der Waals surface area contributed by atoms with Crippen LogP contribution in [0.2, 0.25) is 0 Å². The zero-order valence-corrected chi connectivity index (χ0v) is 23.8. The molecule has 0 unspecified atom stereocenters. The molecule has 9 heteroatoms. The Labute approximate surface area is 239 Å². The minimum Gasteiger partial charge on any atom is -0.338 e. The van der Waals surface area contributed by atoms with Crippen LogP contribution in [0.5, 0.6) is 0 Å². The molecule has 3 amide bonds. The minimum absolute atomic E-state index is 0.0472. The third kappa shape index (κ3) is 6.89. The first-order valence-electron chi connectivity index (χ1n) is 13.4. The number of hydrogen-bond donors (Lipinski definition) is 0. The van der Waals surface area contributed by atoms with Crippen LogP contribution in [0.15, 0.2) is 80.4 Å². The molecule has 2 aromatic carbocycles. The molecular weight excluding hydrogens is 534 g/mol. The Bertz CT molecular complexity index is 1300. The van der Waals surface area contributed by atoms with Gasteiger partial charge in [-0.3, -0.25) is 4.79 Å². The molecule has 5 nitrogen and oxygen atoms in total. The molecule has 0 saturated carbocycles. The molecule has 0 N–H and O–H groups in total. The summed E-state index contributed by atoms with van der Waals surface area (Å²) in [6.45, 7) is 15.8. The fourth-order valence-corrected chi connectivity index (χ4v) is 5.49. The van der Waals surface area contributed by atoms with Crippen LogP contribution in [-0.4, -0.2) is 53.3 Å². The van der Waals surface area contributed by atoms with Crippen molar-refractivity contribution in [1.82, 2.24) is 14.7 Å². The lowest BCUT2D eigenvalue weighted by molar-refractivity contribution is -0.144. The quantitative estimate of drug-likeness (QED) is 0.231. The largest absolute Gasteiger partial charge is 0.416 e. The van der Waals surface area contributed by atoms with E-state index >= 15 is 0 Å². The zero-order chi connectivity index (χ0) is 30.5. The van der Waals surface area contributed by atoms with Crippen LogP contribution in [0.4, 0.5) is 22.4 Å². The number of alkyl halides is 3. The molecule has 3 rings (SSSR count). The molecule has 2 aromatic rings. The summed E-state index contributed by atoms with van der Waals surface area (Å²) in [6.07, 6.45) is 0.899. The summed E-state index contributed by atoms with van der Waals surface area (Å²) >= 11 is 0. The van der Waals surface area contributed by atoms with E-state index in [1.807, 2.05) is 38.1 Å². The second-order valence-electron chi connectivity index (χ2n) is 10.7.